The van der Waals surface area contributed by atoms with Gasteiger partial charge in [-0.1, -0.05) is 13.8 Å². The average Bonchev–Trinajstić information content (AvgIpc) is 2.99. The predicted octanol–water partition coefficient (Wildman–Crippen LogP) is 1.21. The molecule has 1 aromatic heterocycles. The van der Waals surface area contributed by atoms with Gasteiger partial charge in [0, 0.05) is 11.9 Å². The third-order valence-corrected chi connectivity index (χ3v) is 4.36. The largest absolute Gasteiger partial charge is 0.481 e. The summed E-state index contributed by atoms with van der Waals surface area (Å²) >= 11 is 1.20. The van der Waals surface area contributed by atoms with E-state index in [1.54, 1.807) is 5.38 Å². The number of aliphatic carboxylic acids is 1. The molecule has 2 amide bonds. The molecule has 0 saturated carbocycles. The van der Waals surface area contributed by atoms with Crippen LogP contribution in [0.25, 0.3) is 0 Å². The van der Waals surface area contributed by atoms with Gasteiger partial charge in [-0.25, -0.2) is 9.78 Å². The molecule has 0 aromatic carbocycles. The lowest BCUT2D eigenvalue weighted by Crippen LogP contribution is -2.44. The van der Waals surface area contributed by atoms with Crippen molar-refractivity contribution in [3.63, 3.8) is 0 Å². The number of carbonyl (C=O) groups excluding carboxylic acids is 2. The second-order valence-electron chi connectivity index (χ2n) is 5.28. The van der Waals surface area contributed by atoms with E-state index in [1.807, 2.05) is 13.8 Å². The third-order valence-electron chi connectivity index (χ3n) is 3.54. The molecule has 2 heterocycles. The molecule has 0 aliphatic carbocycles. The fourth-order valence-corrected chi connectivity index (χ4v) is 3.19. The third kappa shape index (κ3) is 3.21. The zero-order valence-corrected chi connectivity index (χ0v) is 12.6. The van der Waals surface area contributed by atoms with E-state index in [0.717, 1.165) is 0 Å². The second kappa shape index (κ2) is 6.21. The zero-order valence-electron chi connectivity index (χ0n) is 11.8. The van der Waals surface area contributed by atoms with Crippen molar-refractivity contribution >= 4 is 29.6 Å². The number of aldehydes is 1. The number of thiazole rings is 1. The second-order valence-corrected chi connectivity index (χ2v) is 6.17. The fourth-order valence-electron chi connectivity index (χ4n) is 2.58. The molecule has 1 aromatic rings. The van der Waals surface area contributed by atoms with Gasteiger partial charge in [0.05, 0.1) is 24.2 Å². The molecule has 1 aliphatic rings. The van der Waals surface area contributed by atoms with Crippen LogP contribution in [0.15, 0.2) is 5.38 Å². The molecule has 1 unspecified atom stereocenters. The van der Waals surface area contributed by atoms with Crippen molar-refractivity contribution in [2.75, 3.05) is 6.54 Å². The SMILES string of the molecule is CC(C)[C@H](C(=O)O)C1CNC(=O)N1Cc1csc(C=O)n1. The van der Waals surface area contributed by atoms with Gasteiger partial charge in [0.1, 0.15) is 0 Å². The molecule has 1 saturated heterocycles. The van der Waals surface area contributed by atoms with Crippen LogP contribution in [0.3, 0.4) is 0 Å². The number of carboxylic acids is 1. The first-order valence-corrected chi connectivity index (χ1v) is 7.49. The Labute approximate surface area is 126 Å². The molecule has 2 atom stereocenters. The van der Waals surface area contributed by atoms with Gasteiger partial charge in [0.2, 0.25) is 0 Å². The number of carbonyl (C=O) groups is 3. The summed E-state index contributed by atoms with van der Waals surface area (Å²) in [6.07, 6.45) is 0.657. The molecule has 0 bridgehead atoms. The Morgan fingerprint density at radius 3 is 2.90 bits per heavy atom. The molecule has 0 radical (unpaired) electrons. The normalized spacial score (nSPS) is 19.7. The molecular formula is C13H17N3O4S. The molecule has 0 spiro atoms. The summed E-state index contributed by atoms with van der Waals surface area (Å²) in [7, 11) is 0. The van der Waals surface area contributed by atoms with Crippen LogP contribution in [0, 0.1) is 11.8 Å². The minimum Gasteiger partial charge on any atom is -0.481 e. The summed E-state index contributed by atoms with van der Waals surface area (Å²) in [6.45, 7) is 4.16. The molecule has 1 fully saturated rings. The highest BCUT2D eigenvalue weighted by Crippen LogP contribution is 2.25. The number of aromatic nitrogens is 1. The van der Waals surface area contributed by atoms with Crippen molar-refractivity contribution in [2.24, 2.45) is 11.8 Å². The Morgan fingerprint density at radius 1 is 1.67 bits per heavy atom. The van der Waals surface area contributed by atoms with Crippen molar-refractivity contribution in [3.8, 4) is 0 Å². The van der Waals surface area contributed by atoms with Crippen LogP contribution >= 0.6 is 11.3 Å². The van der Waals surface area contributed by atoms with Crippen LogP contribution in [0.2, 0.25) is 0 Å². The highest BCUT2D eigenvalue weighted by molar-refractivity contribution is 7.11. The minimum absolute atomic E-state index is 0.0938. The van der Waals surface area contributed by atoms with Crippen molar-refractivity contribution in [1.82, 2.24) is 15.2 Å². The summed E-state index contributed by atoms with van der Waals surface area (Å²) in [5, 5.41) is 14.1. The number of rotatable bonds is 6. The number of hydrogen-bond acceptors (Lipinski definition) is 5. The first kappa shape index (κ1) is 15.4. The Balaban J connectivity index is 2.19. The van der Waals surface area contributed by atoms with E-state index in [9.17, 15) is 19.5 Å². The first-order valence-electron chi connectivity index (χ1n) is 6.61. The van der Waals surface area contributed by atoms with Crippen LogP contribution in [-0.4, -0.2) is 45.9 Å². The highest BCUT2D eigenvalue weighted by Gasteiger charge is 2.41. The molecule has 2 N–H and O–H groups in total. The van der Waals surface area contributed by atoms with Crippen molar-refractivity contribution in [2.45, 2.75) is 26.4 Å². The number of urea groups is 1. The quantitative estimate of drug-likeness (QED) is 0.769. The summed E-state index contributed by atoms with van der Waals surface area (Å²) < 4.78 is 0. The zero-order chi connectivity index (χ0) is 15.6. The topological polar surface area (TPSA) is 99.6 Å². The van der Waals surface area contributed by atoms with Crippen molar-refractivity contribution < 1.29 is 19.5 Å². The van der Waals surface area contributed by atoms with E-state index in [-0.39, 0.29) is 18.5 Å². The van der Waals surface area contributed by atoms with Crippen LogP contribution in [-0.2, 0) is 11.3 Å². The summed E-state index contributed by atoms with van der Waals surface area (Å²) in [5.74, 6) is -1.65. The number of hydrogen-bond donors (Lipinski definition) is 2. The summed E-state index contributed by atoms with van der Waals surface area (Å²) in [5.41, 5.74) is 0.594. The number of nitrogens with zero attached hydrogens (tertiary/aromatic N) is 2. The van der Waals surface area contributed by atoms with E-state index in [4.69, 9.17) is 0 Å². The van der Waals surface area contributed by atoms with Crippen LogP contribution in [0.5, 0.6) is 0 Å². The fraction of sp³-hybridized carbons (Fsp3) is 0.538. The lowest BCUT2D eigenvalue weighted by molar-refractivity contribution is -0.145. The Morgan fingerprint density at radius 2 is 2.38 bits per heavy atom. The molecule has 8 heteroatoms. The highest BCUT2D eigenvalue weighted by atomic mass is 32.1. The van der Waals surface area contributed by atoms with E-state index >= 15 is 0 Å². The van der Waals surface area contributed by atoms with E-state index in [1.165, 1.54) is 16.2 Å². The van der Waals surface area contributed by atoms with E-state index < -0.39 is 17.9 Å². The number of carboxylic acid groups (broad SMARTS) is 1. The summed E-state index contributed by atoms with van der Waals surface area (Å²) in [6, 6.07) is -0.719. The first-order chi connectivity index (χ1) is 9.93. The molecule has 114 valence electrons. The molecule has 7 nitrogen and oxygen atoms in total. The van der Waals surface area contributed by atoms with Gasteiger partial charge >= 0.3 is 12.0 Å². The smallest absolute Gasteiger partial charge is 0.318 e. The van der Waals surface area contributed by atoms with E-state index in [2.05, 4.69) is 10.3 Å². The molecule has 21 heavy (non-hydrogen) atoms. The molecule has 1 aliphatic heterocycles. The molecule has 2 rings (SSSR count). The van der Waals surface area contributed by atoms with Gasteiger partial charge in [-0.2, -0.15) is 0 Å². The maximum Gasteiger partial charge on any atom is 0.318 e. The van der Waals surface area contributed by atoms with E-state index in [0.29, 0.717) is 23.5 Å². The van der Waals surface area contributed by atoms with Crippen LogP contribution in [0.1, 0.15) is 29.3 Å². The minimum atomic E-state index is -0.914. The maximum absolute atomic E-state index is 11.9. The Kier molecular flexibility index (Phi) is 4.56. The number of nitrogens with one attached hydrogen (secondary N) is 1. The Hall–Kier alpha value is -1.96. The van der Waals surface area contributed by atoms with Gasteiger partial charge < -0.3 is 15.3 Å². The predicted molar refractivity (Wildman–Crippen MR) is 76.2 cm³/mol. The van der Waals surface area contributed by atoms with Gasteiger partial charge in [-0.3, -0.25) is 9.59 Å². The average molecular weight is 311 g/mol. The van der Waals surface area contributed by atoms with Gasteiger partial charge in [-0.15, -0.1) is 11.3 Å². The van der Waals surface area contributed by atoms with Gasteiger partial charge in [0.15, 0.2) is 11.3 Å². The van der Waals surface area contributed by atoms with Gasteiger partial charge in [0.25, 0.3) is 0 Å². The monoisotopic (exact) mass is 311 g/mol. The molecular weight excluding hydrogens is 294 g/mol. The van der Waals surface area contributed by atoms with Crippen molar-refractivity contribution in [1.29, 1.82) is 0 Å². The lowest BCUT2D eigenvalue weighted by atomic mass is 9.88. The van der Waals surface area contributed by atoms with Crippen LogP contribution in [0.4, 0.5) is 4.79 Å². The standard InChI is InChI=1S/C13H17N3O4S/c1-7(2)11(12(18)19)9-3-14-13(20)16(9)4-8-6-21-10(5-17)15-8/h5-7,9,11H,3-4H2,1-2H3,(H,14,20)(H,18,19)/t9?,11-/m0/s1. The van der Waals surface area contributed by atoms with Gasteiger partial charge in [-0.05, 0) is 5.92 Å². The van der Waals surface area contributed by atoms with Crippen molar-refractivity contribution in [3.05, 3.63) is 16.1 Å². The summed E-state index contributed by atoms with van der Waals surface area (Å²) in [4.78, 5) is 39.6. The number of amides is 2. The maximum atomic E-state index is 11.9. The lowest BCUT2D eigenvalue weighted by Gasteiger charge is -2.29. The Bertz CT molecular complexity index is 557. The van der Waals surface area contributed by atoms with Crippen LogP contribution < -0.4 is 5.32 Å².